The molecule has 6 aromatic carbocycles. The van der Waals surface area contributed by atoms with Crippen LogP contribution < -0.4 is 20.7 Å². The first-order chi connectivity index (χ1) is 17.4. The molecule has 0 amide bonds. The maximum Gasteiger partial charge on any atom is 0.180 e. The lowest BCUT2D eigenvalue weighted by Gasteiger charge is -2.31. The van der Waals surface area contributed by atoms with Gasteiger partial charge in [-0.15, -0.1) is 0 Å². The van der Waals surface area contributed by atoms with Gasteiger partial charge in [0.1, 0.15) is 0 Å². The van der Waals surface area contributed by atoms with Gasteiger partial charge in [0.25, 0.3) is 0 Å². The quantitative estimate of drug-likeness (QED) is 0.290. The predicted octanol–water partition coefficient (Wildman–Crippen LogP) is 5.86. The average molecular weight is 461 g/mol. The summed E-state index contributed by atoms with van der Waals surface area (Å²) in [5.41, 5.74) is 5.33. The summed E-state index contributed by atoms with van der Waals surface area (Å²) in [5, 5.41) is 8.44. The molecule has 0 nitrogen and oxygen atoms in total. The molecule has 1 aliphatic heterocycles. The Morgan fingerprint density at radius 1 is 0.371 bits per heavy atom. The highest BCUT2D eigenvalue weighted by molar-refractivity contribution is 7.22. The summed E-state index contributed by atoms with van der Waals surface area (Å²) in [6, 6.07) is 54.0. The van der Waals surface area contributed by atoms with Gasteiger partial charge < -0.3 is 0 Å². The molecule has 1 heterocycles. The third-order valence-electron chi connectivity index (χ3n) is 7.56. The van der Waals surface area contributed by atoms with Gasteiger partial charge >= 0.3 is 0 Å². The van der Waals surface area contributed by atoms with Crippen LogP contribution >= 0.6 is 0 Å². The van der Waals surface area contributed by atoms with Crippen LogP contribution in [0.4, 0.5) is 0 Å². The van der Waals surface area contributed by atoms with Crippen molar-refractivity contribution >= 4 is 39.6 Å². The lowest BCUT2D eigenvalue weighted by Crippen LogP contribution is -2.72. The van der Waals surface area contributed by atoms with Gasteiger partial charge in [-0.2, -0.15) is 0 Å². The Kier molecular flexibility index (Phi) is 4.58. The third kappa shape index (κ3) is 2.92. The summed E-state index contributed by atoms with van der Waals surface area (Å²) >= 11 is 0. The molecule has 0 aromatic heterocycles. The number of hydrogen-bond acceptors (Lipinski definition) is 0. The molecule has 0 fully saturated rings. The van der Waals surface area contributed by atoms with Crippen molar-refractivity contribution in [2.24, 2.45) is 0 Å². The van der Waals surface area contributed by atoms with Crippen LogP contribution in [0, 0.1) is 0 Å². The fraction of sp³-hybridized carbons (Fsp3) is 0. The molecule has 0 saturated heterocycles. The van der Waals surface area contributed by atoms with E-state index in [0.29, 0.717) is 0 Å². The maximum absolute atomic E-state index is 2.44. The zero-order chi connectivity index (χ0) is 23.2. The van der Waals surface area contributed by atoms with E-state index in [2.05, 4.69) is 146 Å². The van der Waals surface area contributed by atoms with Gasteiger partial charge in [-0.1, -0.05) is 140 Å². The van der Waals surface area contributed by atoms with Crippen molar-refractivity contribution in [1.82, 2.24) is 0 Å². The number of rotatable bonds is 3. The van der Waals surface area contributed by atoms with Crippen LogP contribution in [0.15, 0.2) is 146 Å². The van der Waals surface area contributed by atoms with Gasteiger partial charge in [0.2, 0.25) is 0 Å². The van der Waals surface area contributed by atoms with Crippen LogP contribution in [0.3, 0.4) is 0 Å². The molecular weight excluding hydrogens is 436 g/mol. The normalized spacial score (nSPS) is 13.4. The van der Waals surface area contributed by atoms with E-state index in [1.807, 2.05) is 0 Å². The van der Waals surface area contributed by atoms with E-state index in [9.17, 15) is 0 Å². The van der Waals surface area contributed by atoms with Gasteiger partial charge in [0.05, 0.1) is 0 Å². The average Bonchev–Trinajstić information content (AvgIpc) is 3.24. The van der Waals surface area contributed by atoms with Crippen LogP contribution in [-0.4, -0.2) is 8.07 Å². The van der Waals surface area contributed by atoms with Crippen LogP contribution in [0.25, 0.3) is 33.0 Å². The van der Waals surface area contributed by atoms with E-state index in [1.54, 1.807) is 0 Å². The highest BCUT2D eigenvalue weighted by Gasteiger charge is 2.48. The van der Waals surface area contributed by atoms with Gasteiger partial charge in [-0.05, 0) is 59.8 Å². The first-order valence-electron chi connectivity index (χ1n) is 12.2. The molecule has 0 aliphatic carbocycles. The summed E-state index contributed by atoms with van der Waals surface area (Å²) in [6.07, 6.45) is 0. The number of benzene rings is 6. The second-order valence-corrected chi connectivity index (χ2v) is 13.0. The molecule has 0 unspecified atom stereocenters. The molecule has 0 bridgehead atoms. The lowest BCUT2D eigenvalue weighted by atomic mass is 9.95. The van der Waals surface area contributed by atoms with Crippen molar-refractivity contribution in [1.29, 1.82) is 0 Å². The molecule has 1 aliphatic rings. The second kappa shape index (κ2) is 7.94. The topological polar surface area (TPSA) is 0 Å². The molecule has 0 N–H and O–H groups in total. The Hall–Kier alpha value is -4.20. The molecule has 164 valence electrons. The first-order valence-corrected chi connectivity index (χ1v) is 14.2. The summed E-state index contributed by atoms with van der Waals surface area (Å²) in [7, 11) is -2.40. The Morgan fingerprint density at radius 3 is 1.71 bits per heavy atom. The van der Waals surface area contributed by atoms with Crippen molar-refractivity contribution in [2.45, 2.75) is 0 Å². The summed E-state index contributed by atoms with van der Waals surface area (Å²) in [6.45, 7) is 0. The van der Waals surface area contributed by atoms with E-state index in [1.165, 1.54) is 53.8 Å². The molecule has 6 aromatic rings. The Labute approximate surface area is 207 Å². The fourth-order valence-electron chi connectivity index (χ4n) is 6.09. The van der Waals surface area contributed by atoms with E-state index in [-0.39, 0.29) is 0 Å². The molecule has 1 heteroatoms. The highest BCUT2D eigenvalue weighted by Crippen LogP contribution is 2.34. The van der Waals surface area contributed by atoms with E-state index >= 15 is 0 Å². The molecular formula is C34H24Si. The molecule has 0 radical (unpaired) electrons. The fourth-order valence-corrected chi connectivity index (χ4v) is 11.3. The zero-order valence-corrected chi connectivity index (χ0v) is 20.4. The zero-order valence-electron chi connectivity index (χ0n) is 19.4. The van der Waals surface area contributed by atoms with Gasteiger partial charge in [-0.3, -0.25) is 0 Å². The van der Waals surface area contributed by atoms with Crippen LogP contribution in [0.1, 0.15) is 0 Å². The monoisotopic (exact) mass is 460 g/mol. The van der Waals surface area contributed by atoms with E-state index in [0.717, 1.165) is 0 Å². The maximum atomic E-state index is 2.44. The minimum atomic E-state index is -2.40. The minimum absolute atomic E-state index is 1.28. The smallest absolute Gasteiger partial charge is 0.0623 e. The van der Waals surface area contributed by atoms with Crippen molar-refractivity contribution in [2.75, 3.05) is 0 Å². The van der Waals surface area contributed by atoms with Gasteiger partial charge in [-0.25, -0.2) is 0 Å². The summed E-state index contributed by atoms with van der Waals surface area (Å²) < 4.78 is 0. The van der Waals surface area contributed by atoms with E-state index in [4.69, 9.17) is 0 Å². The molecule has 0 saturated carbocycles. The van der Waals surface area contributed by atoms with Gasteiger partial charge in [0.15, 0.2) is 8.07 Å². The Balaban J connectivity index is 1.56. The van der Waals surface area contributed by atoms with Crippen LogP contribution in [0.5, 0.6) is 0 Å². The van der Waals surface area contributed by atoms with Crippen molar-refractivity contribution in [3.8, 4) is 22.3 Å². The highest BCUT2D eigenvalue weighted by atomic mass is 28.3. The first kappa shape index (κ1) is 20.2. The minimum Gasteiger partial charge on any atom is -0.0623 e. The van der Waals surface area contributed by atoms with Crippen LogP contribution in [-0.2, 0) is 0 Å². The molecule has 7 rings (SSSR count). The molecule has 0 atom stereocenters. The molecule has 0 spiro atoms. The second-order valence-electron chi connectivity index (χ2n) is 9.31. The predicted molar refractivity (Wildman–Crippen MR) is 152 cm³/mol. The third-order valence-corrected chi connectivity index (χ3v) is 12.4. The standard InChI is InChI=1S/C34H24Si/c1-3-14-27(15-4-1)35(28-16-5-2-6-17-28)33-21-10-9-19-31(33)32-24-26(22-23-34(32)35)30-20-11-13-25-12-7-8-18-29(25)30/h1-24H. The lowest BCUT2D eigenvalue weighted by molar-refractivity contribution is 1.66. The van der Waals surface area contributed by atoms with Crippen molar-refractivity contribution in [3.63, 3.8) is 0 Å². The molecule has 35 heavy (non-hydrogen) atoms. The van der Waals surface area contributed by atoms with Crippen LogP contribution in [0.2, 0.25) is 0 Å². The number of hydrogen-bond donors (Lipinski definition) is 0. The van der Waals surface area contributed by atoms with Crippen molar-refractivity contribution < 1.29 is 0 Å². The Bertz CT molecular complexity index is 1640. The number of fused-ring (bicyclic) bond motifs is 4. The SMILES string of the molecule is c1ccc([Si]2(c3ccccc3)c3ccccc3-c3cc(-c4cccc5ccccc45)ccc32)cc1. The van der Waals surface area contributed by atoms with Crippen molar-refractivity contribution in [3.05, 3.63) is 146 Å². The Morgan fingerprint density at radius 2 is 0.943 bits per heavy atom. The van der Waals surface area contributed by atoms with E-state index < -0.39 is 8.07 Å². The largest absolute Gasteiger partial charge is 0.180 e. The summed E-state index contributed by atoms with van der Waals surface area (Å²) in [5.74, 6) is 0. The summed E-state index contributed by atoms with van der Waals surface area (Å²) in [4.78, 5) is 0. The van der Waals surface area contributed by atoms with Gasteiger partial charge in [0, 0.05) is 0 Å².